The SMILES string of the molecule is CCC(C)N(C(=O)C(CC(C)C)NC(=O)OC(C)(C)C)C(C(=O)Nc1ccccc1C)c1cccc(C)c1C. The molecule has 0 aromatic heterocycles. The molecule has 2 N–H and O–H groups in total. The Bertz CT molecular complexity index is 1150. The first-order valence-electron chi connectivity index (χ1n) is 13.9. The molecule has 0 spiro atoms. The zero-order valence-electron chi connectivity index (χ0n) is 25.3. The molecular formula is C32H47N3O4. The largest absolute Gasteiger partial charge is 0.444 e. The summed E-state index contributed by atoms with van der Waals surface area (Å²) in [6.07, 6.45) is 0.383. The summed E-state index contributed by atoms with van der Waals surface area (Å²) in [6, 6.07) is 11.4. The van der Waals surface area contributed by atoms with Crippen molar-refractivity contribution in [2.24, 2.45) is 5.92 Å². The lowest BCUT2D eigenvalue weighted by molar-refractivity contribution is -0.143. The lowest BCUT2D eigenvalue weighted by Crippen LogP contribution is -2.55. The van der Waals surface area contributed by atoms with E-state index in [1.807, 2.05) is 90.9 Å². The molecular weight excluding hydrogens is 490 g/mol. The Morgan fingerprint density at radius 2 is 1.54 bits per heavy atom. The molecule has 214 valence electrons. The highest BCUT2D eigenvalue weighted by Crippen LogP contribution is 2.31. The monoisotopic (exact) mass is 537 g/mol. The van der Waals surface area contributed by atoms with E-state index >= 15 is 0 Å². The number of aryl methyl sites for hydroxylation is 2. The van der Waals surface area contributed by atoms with Crippen LogP contribution in [0.5, 0.6) is 0 Å². The predicted molar refractivity (Wildman–Crippen MR) is 158 cm³/mol. The van der Waals surface area contributed by atoms with Crippen LogP contribution in [0.2, 0.25) is 0 Å². The number of hydrogen-bond acceptors (Lipinski definition) is 4. The van der Waals surface area contributed by atoms with Crippen LogP contribution in [0.4, 0.5) is 10.5 Å². The molecule has 0 aliphatic heterocycles. The second kappa shape index (κ2) is 13.6. The molecule has 7 heteroatoms. The maximum absolute atomic E-state index is 14.4. The van der Waals surface area contributed by atoms with E-state index in [4.69, 9.17) is 4.74 Å². The van der Waals surface area contributed by atoms with E-state index in [-0.39, 0.29) is 23.8 Å². The van der Waals surface area contributed by atoms with Gasteiger partial charge >= 0.3 is 6.09 Å². The molecule has 3 unspecified atom stereocenters. The van der Waals surface area contributed by atoms with Gasteiger partial charge in [-0.25, -0.2) is 4.79 Å². The van der Waals surface area contributed by atoms with Crippen molar-refractivity contribution in [1.29, 1.82) is 0 Å². The van der Waals surface area contributed by atoms with E-state index in [9.17, 15) is 14.4 Å². The minimum atomic E-state index is -0.901. The highest BCUT2D eigenvalue weighted by atomic mass is 16.6. The first-order chi connectivity index (χ1) is 18.2. The first-order valence-corrected chi connectivity index (χ1v) is 13.9. The van der Waals surface area contributed by atoms with Gasteiger partial charge in [0.15, 0.2) is 0 Å². The Kier molecular flexibility index (Phi) is 11.1. The van der Waals surface area contributed by atoms with Crippen molar-refractivity contribution in [1.82, 2.24) is 10.2 Å². The fraction of sp³-hybridized carbons (Fsp3) is 0.531. The highest BCUT2D eigenvalue weighted by molar-refractivity contribution is 5.99. The van der Waals surface area contributed by atoms with Crippen molar-refractivity contribution >= 4 is 23.6 Å². The summed E-state index contributed by atoms with van der Waals surface area (Å²) in [5.74, 6) is -0.491. The second-order valence-corrected chi connectivity index (χ2v) is 11.8. The number of rotatable bonds is 10. The molecule has 0 aliphatic rings. The molecule has 0 aliphatic carbocycles. The number of nitrogens with one attached hydrogen (secondary N) is 2. The first kappa shape index (κ1) is 31.9. The summed E-state index contributed by atoms with van der Waals surface area (Å²) in [5, 5.41) is 5.89. The number of carbonyl (C=O) groups is 3. The molecule has 2 rings (SSSR count). The summed E-state index contributed by atoms with van der Waals surface area (Å²) < 4.78 is 5.49. The van der Waals surface area contributed by atoms with Gasteiger partial charge in [0.05, 0.1) is 0 Å². The van der Waals surface area contributed by atoms with Crippen LogP contribution in [-0.4, -0.2) is 40.5 Å². The summed E-state index contributed by atoms with van der Waals surface area (Å²) >= 11 is 0. The molecule has 0 radical (unpaired) electrons. The van der Waals surface area contributed by atoms with E-state index in [2.05, 4.69) is 10.6 Å². The zero-order chi connectivity index (χ0) is 29.5. The zero-order valence-corrected chi connectivity index (χ0v) is 25.3. The molecule has 7 nitrogen and oxygen atoms in total. The fourth-order valence-corrected chi connectivity index (χ4v) is 4.52. The van der Waals surface area contributed by atoms with Gasteiger partial charge in [-0.3, -0.25) is 9.59 Å². The van der Waals surface area contributed by atoms with Gasteiger partial charge < -0.3 is 20.3 Å². The molecule has 2 aromatic carbocycles. The van der Waals surface area contributed by atoms with Crippen LogP contribution in [0.25, 0.3) is 0 Å². The maximum Gasteiger partial charge on any atom is 0.408 e. The van der Waals surface area contributed by atoms with Crippen molar-refractivity contribution in [3.05, 3.63) is 64.7 Å². The van der Waals surface area contributed by atoms with Gasteiger partial charge in [-0.2, -0.15) is 0 Å². The van der Waals surface area contributed by atoms with Crippen molar-refractivity contribution in [3.63, 3.8) is 0 Å². The lowest BCUT2D eigenvalue weighted by atomic mass is 9.92. The molecule has 39 heavy (non-hydrogen) atoms. The molecule has 0 saturated heterocycles. The number of ether oxygens (including phenoxy) is 1. The Morgan fingerprint density at radius 3 is 2.10 bits per heavy atom. The number of alkyl carbamates (subject to hydrolysis) is 1. The minimum absolute atomic E-state index is 0.118. The van der Waals surface area contributed by atoms with Crippen LogP contribution in [-0.2, 0) is 14.3 Å². The maximum atomic E-state index is 14.4. The minimum Gasteiger partial charge on any atom is -0.444 e. The Morgan fingerprint density at radius 1 is 0.923 bits per heavy atom. The quantitative estimate of drug-likeness (QED) is 0.347. The summed E-state index contributed by atoms with van der Waals surface area (Å²) in [6.45, 7) is 19.2. The van der Waals surface area contributed by atoms with Crippen LogP contribution in [0.3, 0.4) is 0 Å². The van der Waals surface area contributed by atoms with Crippen LogP contribution in [0.1, 0.15) is 89.6 Å². The fourth-order valence-electron chi connectivity index (χ4n) is 4.52. The Hall–Kier alpha value is -3.35. The lowest BCUT2D eigenvalue weighted by Gasteiger charge is -2.39. The van der Waals surface area contributed by atoms with Crippen molar-refractivity contribution < 1.29 is 19.1 Å². The predicted octanol–water partition coefficient (Wildman–Crippen LogP) is 6.86. The van der Waals surface area contributed by atoms with E-state index in [0.717, 1.165) is 22.3 Å². The van der Waals surface area contributed by atoms with E-state index < -0.39 is 23.8 Å². The number of amides is 3. The molecule has 3 atom stereocenters. The van der Waals surface area contributed by atoms with Crippen LogP contribution in [0.15, 0.2) is 42.5 Å². The third kappa shape index (κ3) is 8.84. The van der Waals surface area contributed by atoms with Gasteiger partial charge in [-0.05, 0) is 95.5 Å². The van der Waals surface area contributed by atoms with Gasteiger partial charge in [0.2, 0.25) is 5.91 Å². The van der Waals surface area contributed by atoms with E-state index in [1.165, 1.54) is 0 Å². The van der Waals surface area contributed by atoms with E-state index in [1.54, 1.807) is 25.7 Å². The van der Waals surface area contributed by atoms with Gasteiger partial charge in [0, 0.05) is 11.7 Å². The van der Waals surface area contributed by atoms with Crippen molar-refractivity contribution in [2.45, 2.75) is 106 Å². The number of benzene rings is 2. The van der Waals surface area contributed by atoms with Gasteiger partial charge in [-0.15, -0.1) is 0 Å². The molecule has 3 amide bonds. The molecule has 0 fully saturated rings. The summed E-state index contributed by atoms with van der Waals surface area (Å²) in [4.78, 5) is 43.0. The summed E-state index contributed by atoms with van der Waals surface area (Å²) in [7, 11) is 0. The van der Waals surface area contributed by atoms with Crippen molar-refractivity contribution in [2.75, 3.05) is 5.32 Å². The van der Waals surface area contributed by atoms with Crippen LogP contribution < -0.4 is 10.6 Å². The number of nitrogens with zero attached hydrogens (tertiary/aromatic N) is 1. The molecule has 0 heterocycles. The van der Waals surface area contributed by atoms with Crippen molar-refractivity contribution in [3.8, 4) is 0 Å². The Labute approximate surface area is 234 Å². The number of para-hydroxylation sites is 1. The third-order valence-corrected chi connectivity index (χ3v) is 6.89. The third-order valence-electron chi connectivity index (χ3n) is 6.89. The average molecular weight is 538 g/mol. The van der Waals surface area contributed by atoms with E-state index in [0.29, 0.717) is 18.5 Å². The molecule has 0 saturated carbocycles. The normalized spacial score (nSPS) is 13.8. The number of hydrogen-bond donors (Lipinski definition) is 2. The number of anilines is 1. The number of carbonyl (C=O) groups excluding carboxylic acids is 3. The molecule has 0 bridgehead atoms. The standard InChI is InChI=1S/C32H47N3O4/c1-11-23(6)35(30(37)27(19-20(2)3)34-31(38)39-32(8,9)10)28(25-17-14-16-21(4)24(25)7)29(36)33-26-18-13-12-15-22(26)5/h12-18,20,23,27-28H,11,19H2,1-10H3,(H,33,36)(H,34,38). The van der Waals surface area contributed by atoms with Gasteiger partial charge in [-0.1, -0.05) is 57.2 Å². The summed E-state index contributed by atoms with van der Waals surface area (Å²) in [5.41, 5.74) is 3.65. The van der Waals surface area contributed by atoms with Gasteiger partial charge in [0.25, 0.3) is 5.91 Å². The Balaban J connectivity index is 2.64. The second-order valence-electron chi connectivity index (χ2n) is 11.8. The molecule has 2 aromatic rings. The topological polar surface area (TPSA) is 87.7 Å². The highest BCUT2D eigenvalue weighted by Gasteiger charge is 2.39. The smallest absolute Gasteiger partial charge is 0.408 e. The van der Waals surface area contributed by atoms with Gasteiger partial charge in [0.1, 0.15) is 17.7 Å². The van der Waals surface area contributed by atoms with Crippen LogP contribution >= 0.6 is 0 Å². The average Bonchev–Trinajstić information content (AvgIpc) is 2.83. The van der Waals surface area contributed by atoms with Crippen LogP contribution in [0, 0.1) is 26.7 Å².